The maximum absolute atomic E-state index is 15.3. The Balaban J connectivity index is 1.67. The van der Waals surface area contributed by atoms with E-state index in [1.54, 1.807) is 6.08 Å². The second-order valence-corrected chi connectivity index (χ2v) is 8.72. The Labute approximate surface area is 173 Å². The van der Waals surface area contributed by atoms with Crippen LogP contribution in [-0.4, -0.2) is 85.8 Å². The van der Waals surface area contributed by atoms with E-state index in [4.69, 9.17) is 10.5 Å². The van der Waals surface area contributed by atoms with Crippen LogP contribution in [0.1, 0.15) is 18.9 Å². The van der Waals surface area contributed by atoms with Crippen LogP contribution in [0.25, 0.3) is 5.57 Å². The highest BCUT2D eigenvalue weighted by Gasteiger charge is 2.41. The van der Waals surface area contributed by atoms with Crippen LogP contribution in [0.3, 0.4) is 0 Å². The molecule has 2 N–H and O–H groups in total. The second-order valence-electron chi connectivity index (χ2n) is 8.72. The minimum absolute atomic E-state index is 0.152. The lowest BCUT2D eigenvalue weighted by Gasteiger charge is -2.48. The summed E-state index contributed by atoms with van der Waals surface area (Å²) in [6.07, 6.45) is 2.22. The van der Waals surface area contributed by atoms with E-state index in [0.29, 0.717) is 24.6 Å². The fourth-order valence-corrected chi connectivity index (χ4v) is 4.69. The van der Waals surface area contributed by atoms with Crippen LogP contribution in [-0.2, 0) is 4.74 Å². The highest BCUT2D eigenvalue weighted by atomic mass is 19.1. The SMILES string of the molecule is CC1CN(C2=CC(F)=C(c3ccccc3)C[C@@]2(N)CN2CCOCC2)CCN1C. The Morgan fingerprint density at radius 2 is 1.86 bits per heavy atom. The number of nitrogens with zero attached hydrogens (tertiary/aromatic N) is 3. The van der Waals surface area contributed by atoms with Crippen LogP contribution in [0.2, 0.25) is 0 Å². The predicted molar refractivity (Wildman–Crippen MR) is 115 cm³/mol. The van der Waals surface area contributed by atoms with Crippen LogP contribution in [0.5, 0.6) is 0 Å². The molecule has 2 aliphatic heterocycles. The Morgan fingerprint density at radius 3 is 2.55 bits per heavy atom. The van der Waals surface area contributed by atoms with E-state index in [0.717, 1.165) is 57.2 Å². The van der Waals surface area contributed by atoms with Crippen molar-refractivity contribution in [2.45, 2.75) is 24.9 Å². The predicted octanol–water partition coefficient (Wildman–Crippen LogP) is 2.32. The largest absolute Gasteiger partial charge is 0.379 e. The molecule has 0 bridgehead atoms. The van der Waals surface area contributed by atoms with Crippen molar-refractivity contribution in [1.29, 1.82) is 0 Å². The molecular weight excluding hydrogens is 367 g/mol. The summed E-state index contributed by atoms with van der Waals surface area (Å²) < 4.78 is 20.8. The molecule has 0 spiro atoms. The lowest BCUT2D eigenvalue weighted by Crippen LogP contribution is -2.60. The monoisotopic (exact) mass is 400 g/mol. The Kier molecular flexibility index (Phi) is 6.06. The quantitative estimate of drug-likeness (QED) is 0.841. The molecule has 0 amide bonds. The van der Waals surface area contributed by atoms with Crippen molar-refractivity contribution in [3.63, 3.8) is 0 Å². The minimum Gasteiger partial charge on any atom is -0.379 e. The van der Waals surface area contributed by atoms with Gasteiger partial charge in [0.1, 0.15) is 5.83 Å². The van der Waals surface area contributed by atoms with Crippen molar-refractivity contribution in [2.75, 3.05) is 59.5 Å². The average molecular weight is 401 g/mol. The topological polar surface area (TPSA) is 45.0 Å². The summed E-state index contributed by atoms with van der Waals surface area (Å²) >= 11 is 0. The third kappa shape index (κ3) is 4.40. The maximum Gasteiger partial charge on any atom is 0.128 e. The molecule has 29 heavy (non-hydrogen) atoms. The van der Waals surface area contributed by atoms with E-state index in [2.05, 4.69) is 28.7 Å². The number of hydrogen-bond donors (Lipinski definition) is 1. The number of rotatable bonds is 4. The van der Waals surface area contributed by atoms with Gasteiger partial charge in [-0.05, 0) is 31.2 Å². The molecule has 3 aliphatic rings. The van der Waals surface area contributed by atoms with Crippen molar-refractivity contribution in [3.8, 4) is 0 Å². The Hall–Kier alpha value is -1.73. The lowest BCUT2D eigenvalue weighted by molar-refractivity contribution is 0.0263. The first kappa shape index (κ1) is 20.5. The number of likely N-dealkylation sites (N-methyl/N-ethyl adjacent to an activating group) is 1. The van der Waals surface area contributed by atoms with Crippen molar-refractivity contribution in [3.05, 3.63) is 53.5 Å². The van der Waals surface area contributed by atoms with Crippen LogP contribution in [0, 0.1) is 0 Å². The van der Waals surface area contributed by atoms with Gasteiger partial charge in [-0.2, -0.15) is 0 Å². The molecule has 2 saturated heterocycles. The third-order valence-electron chi connectivity index (χ3n) is 6.59. The summed E-state index contributed by atoms with van der Waals surface area (Å²) in [6.45, 7) is 8.86. The highest BCUT2D eigenvalue weighted by Crippen LogP contribution is 2.39. The summed E-state index contributed by atoms with van der Waals surface area (Å²) in [6, 6.07) is 10.2. The van der Waals surface area contributed by atoms with E-state index < -0.39 is 5.54 Å². The summed E-state index contributed by atoms with van der Waals surface area (Å²) in [7, 11) is 2.15. The molecule has 5 nitrogen and oxygen atoms in total. The van der Waals surface area contributed by atoms with Crippen LogP contribution < -0.4 is 5.73 Å². The van der Waals surface area contributed by atoms with Gasteiger partial charge in [-0.1, -0.05) is 30.3 Å². The van der Waals surface area contributed by atoms with Gasteiger partial charge in [-0.25, -0.2) is 4.39 Å². The molecule has 158 valence electrons. The standard InChI is InChI=1S/C23H33FN4O/c1-18-16-28(9-8-26(18)2)22-14-21(24)20(19-6-4-3-5-7-19)15-23(22,25)17-27-10-12-29-13-11-27/h3-7,14,18H,8-13,15-17,25H2,1-2H3/t18?,23-/m1/s1. The summed E-state index contributed by atoms with van der Waals surface area (Å²) in [5.41, 5.74) is 9.09. The number of nitrogens with two attached hydrogens (primary N) is 1. The molecule has 0 radical (unpaired) electrons. The molecule has 1 unspecified atom stereocenters. The molecule has 1 aliphatic carbocycles. The Morgan fingerprint density at radius 1 is 1.14 bits per heavy atom. The third-order valence-corrected chi connectivity index (χ3v) is 6.59. The van der Waals surface area contributed by atoms with Gasteiger partial charge >= 0.3 is 0 Å². The van der Waals surface area contributed by atoms with Crippen molar-refractivity contribution < 1.29 is 9.13 Å². The van der Waals surface area contributed by atoms with Crippen LogP contribution in [0.15, 0.2) is 47.9 Å². The van der Waals surface area contributed by atoms with E-state index in [1.165, 1.54) is 0 Å². The maximum atomic E-state index is 15.3. The molecule has 2 atom stereocenters. The number of benzene rings is 1. The summed E-state index contributed by atoms with van der Waals surface area (Å²) in [5, 5.41) is 0. The molecule has 0 aromatic heterocycles. The van der Waals surface area contributed by atoms with E-state index in [1.807, 2.05) is 30.3 Å². The fourth-order valence-electron chi connectivity index (χ4n) is 4.69. The van der Waals surface area contributed by atoms with Gasteiger partial charge in [0, 0.05) is 57.4 Å². The highest BCUT2D eigenvalue weighted by molar-refractivity contribution is 5.73. The number of ether oxygens (including phenoxy) is 1. The lowest BCUT2D eigenvalue weighted by atomic mass is 9.79. The molecule has 2 fully saturated rings. The zero-order valence-corrected chi connectivity index (χ0v) is 17.6. The van der Waals surface area contributed by atoms with E-state index in [9.17, 15) is 0 Å². The van der Waals surface area contributed by atoms with E-state index in [-0.39, 0.29) is 5.83 Å². The first-order valence-corrected chi connectivity index (χ1v) is 10.7. The van der Waals surface area contributed by atoms with Gasteiger partial charge < -0.3 is 20.3 Å². The van der Waals surface area contributed by atoms with Gasteiger partial charge in [-0.3, -0.25) is 4.90 Å². The molecule has 1 aromatic carbocycles. The molecule has 6 heteroatoms. The second kappa shape index (κ2) is 8.56. The first-order chi connectivity index (χ1) is 14.0. The molecule has 0 saturated carbocycles. The molecule has 4 rings (SSSR count). The number of halogens is 1. The van der Waals surface area contributed by atoms with Gasteiger partial charge in [0.25, 0.3) is 0 Å². The summed E-state index contributed by atoms with van der Waals surface area (Å²) in [4.78, 5) is 7.02. The van der Waals surface area contributed by atoms with Crippen molar-refractivity contribution in [2.24, 2.45) is 5.73 Å². The fraction of sp³-hybridized carbons (Fsp3) is 0.565. The number of hydrogen-bond acceptors (Lipinski definition) is 5. The summed E-state index contributed by atoms with van der Waals surface area (Å²) in [5.74, 6) is -0.152. The van der Waals surface area contributed by atoms with E-state index >= 15 is 4.39 Å². The van der Waals surface area contributed by atoms with Crippen molar-refractivity contribution >= 4 is 5.57 Å². The van der Waals surface area contributed by atoms with Crippen LogP contribution in [0.4, 0.5) is 4.39 Å². The van der Waals surface area contributed by atoms with Crippen molar-refractivity contribution in [1.82, 2.24) is 14.7 Å². The molecule has 1 aromatic rings. The zero-order valence-electron chi connectivity index (χ0n) is 17.6. The molecule has 2 heterocycles. The van der Waals surface area contributed by atoms with Gasteiger partial charge in [0.2, 0.25) is 0 Å². The average Bonchev–Trinajstić information content (AvgIpc) is 2.73. The smallest absolute Gasteiger partial charge is 0.128 e. The Bertz CT molecular complexity index is 774. The van der Waals surface area contributed by atoms with Gasteiger partial charge in [0.05, 0.1) is 18.8 Å². The first-order valence-electron chi connectivity index (χ1n) is 10.7. The number of piperazine rings is 1. The van der Waals surface area contributed by atoms with Gasteiger partial charge in [-0.15, -0.1) is 0 Å². The number of allylic oxidation sites excluding steroid dienone is 2. The molecular formula is C23H33FN4O. The zero-order chi connectivity index (χ0) is 20.4. The van der Waals surface area contributed by atoms with Crippen LogP contribution >= 0.6 is 0 Å². The van der Waals surface area contributed by atoms with Gasteiger partial charge in [0.15, 0.2) is 0 Å². The minimum atomic E-state index is -0.617. The number of morpholine rings is 1. The normalized spacial score (nSPS) is 29.9.